The maximum atomic E-state index is 12.6. The summed E-state index contributed by atoms with van der Waals surface area (Å²) in [4.78, 5) is 18.6. The molecule has 0 saturated carbocycles. The van der Waals surface area contributed by atoms with E-state index in [1.165, 1.54) is 4.88 Å². The van der Waals surface area contributed by atoms with Gasteiger partial charge in [0.1, 0.15) is 10.8 Å². The molecular weight excluding hydrogens is 354 g/mol. The monoisotopic (exact) mass is 379 g/mol. The summed E-state index contributed by atoms with van der Waals surface area (Å²) in [5.74, 6) is 1.36. The van der Waals surface area contributed by atoms with Gasteiger partial charge in [-0.1, -0.05) is 37.6 Å². The molecule has 0 N–H and O–H groups in total. The molecule has 3 aromatic rings. The number of Topliss-reactive ketones (excluding diaryl/α,β-unsaturated/α-hetero) is 1. The van der Waals surface area contributed by atoms with Gasteiger partial charge in [-0.05, 0) is 49.6 Å². The van der Waals surface area contributed by atoms with Crippen LogP contribution >= 0.6 is 11.3 Å². The first kappa shape index (κ1) is 19.3. The number of carbonyl (C=O) groups excluding carboxylic acids is 1. The Morgan fingerprint density at radius 2 is 1.89 bits per heavy atom. The molecule has 0 aliphatic heterocycles. The number of methoxy groups -OCH3 is 1. The molecule has 4 heteroatoms. The van der Waals surface area contributed by atoms with Crippen molar-refractivity contribution in [3.05, 3.63) is 70.2 Å². The van der Waals surface area contributed by atoms with Crippen molar-refractivity contribution < 1.29 is 9.53 Å². The Morgan fingerprint density at radius 1 is 1.15 bits per heavy atom. The molecule has 1 heterocycles. The molecule has 1 aromatic heterocycles. The summed E-state index contributed by atoms with van der Waals surface area (Å²) in [6, 6.07) is 15.8. The third-order valence-corrected chi connectivity index (χ3v) is 5.71. The van der Waals surface area contributed by atoms with Crippen molar-refractivity contribution in [2.45, 2.75) is 39.5 Å². The van der Waals surface area contributed by atoms with Crippen LogP contribution in [0.2, 0.25) is 0 Å². The number of thiazole rings is 1. The molecule has 0 saturated heterocycles. The van der Waals surface area contributed by atoms with Gasteiger partial charge in [-0.3, -0.25) is 4.79 Å². The summed E-state index contributed by atoms with van der Waals surface area (Å²) in [5.41, 5.74) is 4.09. The Bertz CT molecular complexity index is 926. The molecule has 2 aromatic carbocycles. The molecule has 27 heavy (non-hydrogen) atoms. The zero-order chi connectivity index (χ0) is 19.4. The van der Waals surface area contributed by atoms with Crippen LogP contribution in [0.1, 0.15) is 52.7 Å². The number of aromatic nitrogens is 1. The molecule has 0 bridgehead atoms. The summed E-state index contributed by atoms with van der Waals surface area (Å²) in [5, 5.41) is 0.999. The van der Waals surface area contributed by atoms with Gasteiger partial charge in [0.25, 0.3) is 0 Å². The number of hydrogen-bond acceptors (Lipinski definition) is 4. The van der Waals surface area contributed by atoms with Crippen LogP contribution in [-0.4, -0.2) is 17.9 Å². The highest BCUT2D eigenvalue weighted by molar-refractivity contribution is 7.15. The minimum Gasteiger partial charge on any atom is -0.497 e. The maximum Gasteiger partial charge on any atom is 0.163 e. The lowest BCUT2D eigenvalue weighted by molar-refractivity contribution is 0.0983. The number of ketones is 1. The van der Waals surface area contributed by atoms with E-state index in [2.05, 4.69) is 13.8 Å². The molecule has 3 rings (SSSR count). The van der Waals surface area contributed by atoms with E-state index in [4.69, 9.17) is 9.72 Å². The predicted molar refractivity (Wildman–Crippen MR) is 112 cm³/mol. The van der Waals surface area contributed by atoms with E-state index < -0.39 is 0 Å². The van der Waals surface area contributed by atoms with E-state index in [0.29, 0.717) is 12.3 Å². The second kappa shape index (κ2) is 8.49. The number of nitrogens with zero attached hydrogens (tertiary/aromatic N) is 1. The highest BCUT2D eigenvalue weighted by atomic mass is 32.1. The molecule has 0 spiro atoms. The second-order valence-corrected chi connectivity index (χ2v) is 8.09. The third-order valence-electron chi connectivity index (χ3n) is 4.53. The fourth-order valence-corrected chi connectivity index (χ4v) is 4.26. The standard InChI is InChI=1S/C23H25NO2S/c1-15(2)22-21(13-12-20(25)18-7-5-6-16(3)14-18)27-23(24-22)17-8-10-19(26-4)11-9-17/h5-11,14-15H,12-13H2,1-4H3. The van der Waals surface area contributed by atoms with E-state index in [0.717, 1.165) is 39.6 Å². The van der Waals surface area contributed by atoms with Gasteiger partial charge in [0.05, 0.1) is 12.8 Å². The van der Waals surface area contributed by atoms with E-state index in [-0.39, 0.29) is 5.78 Å². The van der Waals surface area contributed by atoms with Crippen LogP contribution in [0.15, 0.2) is 48.5 Å². The van der Waals surface area contributed by atoms with Gasteiger partial charge in [0, 0.05) is 22.4 Å². The fourth-order valence-electron chi connectivity index (χ4n) is 3.04. The highest BCUT2D eigenvalue weighted by Gasteiger charge is 2.17. The molecule has 0 atom stereocenters. The van der Waals surface area contributed by atoms with Crippen molar-refractivity contribution in [3.63, 3.8) is 0 Å². The third kappa shape index (κ3) is 4.64. The average molecular weight is 380 g/mol. The van der Waals surface area contributed by atoms with Crippen LogP contribution in [0.4, 0.5) is 0 Å². The predicted octanol–water partition coefficient (Wildman–Crippen LogP) is 6.07. The maximum absolute atomic E-state index is 12.6. The smallest absolute Gasteiger partial charge is 0.163 e. The molecular formula is C23H25NO2S. The van der Waals surface area contributed by atoms with Crippen molar-refractivity contribution >= 4 is 17.1 Å². The molecule has 3 nitrogen and oxygen atoms in total. The van der Waals surface area contributed by atoms with Gasteiger partial charge in [-0.15, -0.1) is 11.3 Å². The van der Waals surface area contributed by atoms with Crippen molar-refractivity contribution in [2.24, 2.45) is 0 Å². The van der Waals surface area contributed by atoms with Gasteiger partial charge in [-0.2, -0.15) is 0 Å². The first-order chi connectivity index (χ1) is 13.0. The zero-order valence-corrected chi connectivity index (χ0v) is 17.1. The van der Waals surface area contributed by atoms with Crippen molar-refractivity contribution in [3.8, 4) is 16.3 Å². The van der Waals surface area contributed by atoms with E-state index in [9.17, 15) is 4.79 Å². The van der Waals surface area contributed by atoms with Gasteiger partial charge in [-0.25, -0.2) is 4.98 Å². The first-order valence-corrected chi connectivity index (χ1v) is 10.0. The van der Waals surface area contributed by atoms with Gasteiger partial charge in [0.2, 0.25) is 0 Å². The van der Waals surface area contributed by atoms with Crippen LogP contribution in [0.3, 0.4) is 0 Å². The number of ether oxygens (including phenoxy) is 1. The van der Waals surface area contributed by atoms with Crippen LogP contribution in [-0.2, 0) is 6.42 Å². The zero-order valence-electron chi connectivity index (χ0n) is 16.3. The number of benzene rings is 2. The Labute approximate surface area is 165 Å². The summed E-state index contributed by atoms with van der Waals surface area (Å²) >= 11 is 1.69. The largest absolute Gasteiger partial charge is 0.497 e. The lowest BCUT2D eigenvalue weighted by Gasteiger charge is -2.05. The minimum absolute atomic E-state index is 0.188. The van der Waals surface area contributed by atoms with Crippen LogP contribution in [0.5, 0.6) is 5.75 Å². The number of rotatable bonds is 7. The molecule has 0 unspecified atom stereocenters. The van der Waals surface area contributed by atoms with Gasteiger partial charge < -0.3 is 4.74 Å². The molecule has 0 fully saturated rings. The van der Waals surface area contributed by atoms with Crippen LogP contribution < -0.4 is 4.74 Å². The Balaban J connectivity index is 1.79. The average Bonchev–Trinajstić information content (AvgIpc) is 3.11. The van der Waals surface area contributed by atoms with Crippen LogP contribution in [0.25, 0.3) is 10.6 Å². The number of aryl methyl sites for hydroxylation is 2. The highest BCUT2D eigenvalue weighted by Crippen LogP contribution is 2.33. The Hall–Kier alpha value is -2.46. The van der Waals surface area contributed by atoms with Gasteiger partial charge in [0.15, 0.2) is 5.78 Å². The summed E-state index contributed by atoms with van der Waals surface area (Å²) in [6.07, 6.45) is 1.24. The van der Waals surface area contributed by atoms with Crippen molar-refractivity contribution in [1.29, 1.82) is 0 Å². The summed E-state index contributed by atoms with van der Waals surface area (Å²) in [6.45, 7) is 6.31. The summed E-state index contributed by atoms with van der Waals surface area (Å²) in [7, 11) is 1.67. The lowest BCUT2D eigenvalue weighted by atomic mass is 10.0. The fraction of sp³-hybridized carbons (Fsp3) is 0.304. The van der Waals surface area contributed by atoms with E-state index in [1.54, 1.807) is 18.4 Å². The minimum atomic E-state index is 0.188. The molecule has 0 amide bonds. The lowest BCUT2D eigenvalue weighted by Crippen LogP contribution is -2.02. The van der Waals surface area contributed by atoms with Crippen molar-refractivity contribution in [2.75, 3.05) is 7.11 Å². The molecule has 0 aliphatic rings. The normalized spacial score (nSPS) is 11.0. The van der Waals surface area contributed by atoms with Crippen molar-refractivity contribution in [1.82, 2.24) is 4.98 Å². The Kier molecular flexibility index (Phi) is 6.07. The SMILES string of the molecule is COc1ccc(-c2nc(C(C)C)c(CCC(=O)c3cccc(C)c3)s2)cc1. The summed E-state index contributed by atoms with van der Waals surface area (Å²) < 4.78 is 5.23. The van der Waals surface area contributed by atoms with E-state index in [1.807, 2.05) is 55.5 Å². The molecule has 0 radical (unpaired) electrons. The number of carbonyl (C=O) groups is 1. The Morgan fingerprint density at radius 3 is 2.52 bits per heavy atom. The quantitative estimate of drug-likeness (QED) is 0.468. The van der Waals surface area contributed by atoms with Gasteiger partial charge >= 0.3 is 0 Å². The van der Waals surface area contributed by atoms with Crippen LogP contribution in [0, 0.1) is 6.92 Å². The van der Waals surface area contributed by atoms with E-state index >= 15 is 0 Å². The molecule has 0 aliphatic carbocycles. The number of hydrogen-bond donors (Lipinski definition) is 0. The first-order valence-electron chi connectivity index (χ1n) is 9.22. The molecule has 140 valence electrons. The second-order valence-electron chi connectivity index (χ2n) is 7.00. The topological polar surface area (TPSA) is 39.2 Å².